The van der Waals surface area contributed by atoms with Crippen molar-refractivity contribution in [3.63, 3.8) is 0 Å². The number of nitrogens with two attached hydrogens (primary N) is 1. The fraction of sp³-hybridized carbons (Fsp3) is 0.667. The highest BCUT2D eigenvalue weighted by Gasteiger charge is 2.36. The number of aromatic nitrogens is 1. The van der Waals surface area contributed by atoms with E-state index in [-0.39, 0.29) is 11.6 Å². The Kier molecular flexibility index (Phi) is 7.09. The monoisotopic (exact) mass is 342 g/mol. The van der Waals surface area contributed by atoms with Crippen LogP contribution in [0, 0.1) is 0 Å². The fourth-order valence-corrected chi connectivity index (χ4v) is 3.31. The molecule has 1 heterocycles. The molecular weight excluding hydrogens is 316 g/mol. The molecule has 0 aliphatic carbocycles. The molecular formula is C15H27BrN4. The molecule has 0 saturated heterocycles. The lowest BCUT2D eigenvalue weighted by atomic mass is 9.84. The Hall–Kier alpha value is -0.490. The number of rotatable bonds is 8. The highest BCUT2D eigenvalue weighted by atomic mass is 79.9. The van der Waals surface area contributed by atoms with E-state index in [1.807, 2.05) is 6.20 Å². The number of hydrazine groups is 1. The summed E-state index contributed by atoms with van der Waals surface area (Å²) in [5.41, 5.74) is 4.24. The SMILES string of the molecule is CCN(CC)C(C)(CC)C(Cc1cncc(Br)c1)NN. The van der Waals surface area contributed by atoms with Crippen molar-refractivity contribution >= 4 is 15.9 Å². The molecule has 0 aromatic carbocycles. The third kappa shape index (κ3) is 4.01. The number of halogens is 1. The number of hydrogen-bond donors (Lipinski definition) is 2. The van der Waals surface area contributed by atoms with E-state index in [0.29, 0.717) is 0 Å². The second-order valence-electron chi connectivity index (χ2n) is 5.32. The standard InChI is InChI=1S/C15H27BrN4/c1-5-15(4,20(6-2)7-3)14(19-17)9-12-8-13(16)11-18-10-12/h8,10-11,14,19H,5-7,9,17H2,1-4H3. The van der Waals surface area contributed by atoms with Crippen LogP contribution in [0.25, 0.3) is 0 Å². The zero-order valence-electron chi connectivity index (χ0n) is 13.0. The predicted octanol–water partition coefficient (Wildman–Crippen LogP) is 2.73. The van der Waals surface area contributed by atoms with Crippen molar-refractivity contribution in [1.29, 1.82) is 0 Å². The van der Waals surface area contributed by atoms with Crippen molar-refractivity contribution in [1.82, 2.24) is 15.3 Å². The molecule has 0 fully saturated rings. The molecule has 0 aliphatic heterocycles. The van der Waals surface area contributed by atoms with Gasteiger partial charge in [-0.2, -0.15) is 0 Å². The molecule has 1 aromatic heterocycles. The first-order chi connectivity index (χ1) is 9.51. The van der Waals surface area contributed by atoms with Gasteiger partial charge in [0.2, 0.25) is 0 Å². The Balaban J connectivity index is 2.97. The lowest BCUT2D eigenvalue weighted by Crippen LogP contribution is -2.61. The fourth-order valence-electron chi connectivity index (χ4n) is 2.90. The van der Waals surface area contributed by atoms with Gasteiger partial charge >= 0.3 is 0 Å². The van der Waals surface area contributed by atoms with Crippen molar-refractivity contribution in [3.05, 3.63) is 28.5 Å². The first kappa shape index (κ1) is 17.6. The minimum absolute atomic E-state index is 0.0283. The number of nitrogens with zero attached hydrogens (tertiary/aromatic N) is 2. The van der Waals surface area contributed by atoms with Crippen LogP contribution in [0.4, 0.5) is 0 Å². The van der Waals surface area contributed by atoms with Gasteiger partial charge in [0.15, 0.2) is 0 Å². The van der Waals surface area contributed by atoms with E-state index in [1.54, 1.807) is 6.20 Å². The van der Waals surface area contributed by atoms with Crippen molar-refractivity contribution in [2.75, 3.05) is 13.1 Å². The number of likely N-dealkylation sites (N-methyl/N-ethyl adjacent to an activating group) is 1. The molecule has 2 atom stereocenters. The average molecular weight is 343 g/mol. The zero-order valence-corrected chi connectivity index (χ0v) is 14.6. The average Bonchev–Trinajstić information content (AvgIpc) is 2.45. The van der Waals surface area contributed by atoms with Crippen molar-refractivity contribution in [2.24, 2.45) is 5.84 Å². The van der Waals surface area contributed by atoms with Gasteiger partial charge in [-0.1, -0.05) is 20.8 Å². The minimum Gasteiger partial charge on any atom is -0.297 e. The van der Waals surface area contributed by atoms with Gasteiger partial charge < -0.3 is 0 Å². The minimum atomic E-state index is 0.0283. The van der Waals surface area contributed by atoms with Crippen LogP contribution in [0.15, 0.2) is 22.9 Å². The molecule has 0 spiro atoms. The first-order valence-corrected chi connectivity index (χ1v) is 8.11. The summed E-state index contributed by atoms with van der Waals surface area (Å²) in [7, 11) is 0. The van der Waals surface area contributed by atoms with Crippen molar-refractivity contribution in [2.45, 2.75) is 52.1 Å². The van der Waals surface area contributed by atoms with Crippen molar-refractivity contribution < 1.29 is 0 Å². The quantitative estimate of drug-likeness (QED) is 0.563. The summed E-state index contributed by atoms with van der Waals surface area (Å²) in [6.45, 7) is 11.0. The van der Waals surface area contributed by atoms with E-state index in [0.717, 1.165) is 30.4 Å². The van der Waals surface area contributed by atoms with Crippen LogP contribution in [0.5, 0.6) is 0 Å². The second kappa shape index (κ2) is 8.08. The predicted molar refractivity (Wildman–Crippen MR) is 88.4 cm³/mol. The maximum atomic E-state index is 5.86. The summed E-state index contributed by atoms with van der Waals surface area (Å²) < 4.78 is 1.01. The van der Waals surface area contributed by atoms with Gasteiger partial charge in [-0.25, -0.2) is 0 Å². The summed E-state index contributed by atoms with van der Waals surface area (Å²) >= 11 is 3.47. The Morgan fingerprint density at radius 2 is 2.00 bits per heavy atom. The molecule has 0 aliphatic rings. The topological polar surface area (TPSA) is 54.2 Å². The lowest BCUT2D eigenvalue weighted by molar-refractivity contribution is 0.0701. The zero-order chi connectivity index (χ0) is 15.2. The molecule has 2 unspecified atom stereocenters. The number of hydrogen-bond acceptors (Lipinski definition) is 4. The molecule has 0 radical (unpaired) electrons. The van der Waals surface area contributed by atoms with Crippen LogP contribution >= 0.6 is 15.9 Å². The molecule has 1 aromatic rings. The molecule has 0 saturated carbocycles. The largest absolute Gasteiger partial charge is 0.297 e. The molecule has 0 bridgehead atoms. The summed E-state index contributed by atoms with van der Waals surface area (Å²) in [4.78, 5) is 6.71. The summed E-state index contributed by atoms with van der Waals surface area (Å²) in [6.07, 6.45) is 5.62. The normalized spacial score (nSPS) is 16.1. The maximum Gasteiger partial charge on any atom is 0.0432 e. The Labute approximate surface area is 131 Å². The van der Waals surface area contributed by atoms with Crippen LogP contribution in [0.3, 0.4) is 0 Å². The Bertz CT molecular complexity index is 409. The van der Waals surface area contributed by atoms with Crippen LogP contribution in [-0.4, -0.2) is 34.6 Å². The maximum absolute atomic E-state index is 5.86. The van der Waals surface area contributed by atoms with E-state index < -0.39 is 0 Å². The van der Waals surface area contributed by atoms with E-state index >= 15 is 0 Å². The Morgan fingerprint density at radius 1 is 1.35 bits per heavy atom. The highest BCUT2D eigenvalue weighted by Crippen LogP contribution is 2.26. The summed E-state index contributed by atoms with van der Waals surface area (Å²) in [5.74, 6) is 5.86. The molecule has 5 heteroatoms. The lowest BCUT2D eigenvalue weighted by Gasteiger charge is -2.45. The van der Waals surface area contributed by atoms with Crippen LogP contribution in [-0.2, 0) is 6.42 Å². The van der Waals surface area contributed by atoms with Gasteiger partial charge in [0.1, 0.15) is 0 Å². The van der Waals surface area contributed by atoms with E-state index in [4.69, 9.17) is 5.84 Å². The smallest absolute Gasteiger partial charge is 0.0432 e. The van der Waals surface area contributed by atoms with Gasteiger partial charge in [-0.15, -0.1) is 0 Å². The van der Waals surface area contributed by atoms with Crippen molar-refractivity contribution in [3.8, 4) is 0 Å². The second-order valence-corrected chi connectivity index (χ2v) is 6.23. The van der Waals surface area contributed by atoms with Crippen LogP contribution in [0.2, 0.25) is 0 Å². The van der Waals surface area contributed by atoms with Gasteiger partial charge in [0.25, 0.3) is 0 Å². The molecule has 4 nitrogen and oxygen atoms in total. The molecule has 3 N–H and O–H groups in total. The Morgan fingerprint density at radius 3 is 2.45 bits per heavy atom. The van der Waals surface area contributed by atoms with E-state index in [2.05, 4.69) is 65.0 Å². The summed E-state index contributed by atoms with van der Waals surface area (Å²) in [6, 6.07) is 2.29. The third-order valence-electron chi connectivity index (χ3n) is 4.35. The first-order valence-electron chi connectivity index (χ1n) is 7.32. The highest BCUT2D eigenvalue weighted by molar-refractivity contribution is 9.10. The molecule has 20 heavy (non-hydrogen) atoms. The number of pyridine rings is 1. The molecule has 0 amide bonds. The molecule has 114 valence electrons. The third-order valence-corrected chi connectivity index (χ3v) is 4.79. The van der Waals surface area contributed by atoms with Crippen LogP contribution in [0.1, 0.15) is 39.7 Å². The van der Waals surface area contributed by atoms with E-state index in [1.165, 1.54) is 5.56 Å². The number of nitrogens with one attached hydrogen (secondary N) is 1. The van der Waals surface area contributed by atoms with Gasteiger partial charge in [-0.05, 0) is 60.4 Å². The van der Waals surface area contributed by atoms with Gasteiger partial charge in [-0.3, -0.25) is 21.2 Å². The summed E-state index contributed by atoms with van der Waals surface area (Å²) in [5, 5.41) is 0. The van der Waals surface area contributed by atoms with Gasteiger partial charge in [0.05, 0.1) is 0 Å². The van der Waals surface area contributed by atoms with Gasteiger partial charge in [0, 0.05) is 28.4 Å². The van der Waals surface area contributed by atoms with Crippen LogP contribution < -0.4 is 11.3 Å². The molecule has 1 rings (SSSR count). The van der Waals surface area contributed by atoms with E-state index in [9.17, 15) is 0 Å².